The number of amides is 1. The lowest BCUT2D eigenvalue weighted by Gasteiger charge is -2.43. The fourth-order valence-electron chi connectivity index (χ4n) is 4.65. The summed E-state index contributed by atoms with van der Waals surface area (Å²) in [6.07, 6.45) is 6.80. The Morgan fingerprint density at radius 1 is 1.20 bits per heavy atom. The number of hydrogen-bond donors (Lipinski definition) is 1. The second-order valence-corrected chi connectivity index (χ2v) is 9.36. The van der Waals surface area contributed by atoms with Crippen LogP contribution in [0.15, 0.2) is 47.2 Å². The van der Waals surface area contributed by atoms with E-state index < -0.39 is 0 Å². The van der Waals surface area contributed by atoms with E-state index in [0.717, 1.165) is 61.3 Å². The predicted molar refractivity (Wildman–Crippen MR) is 118 cm³/mol. The average Bonchev–Trinajstić information content (AvgIpc) is 3.21. The molecule has 1 aliphatic carbocycles. The number of aromatic nitrogens is 4. The van der Waals surface area contributed by atoms with Gasteiger partial charge in [0, 0.05) is 35.4 Å². The maximum absolute atomic E-state index is 12.9. The van der Waals surface area contributed by atoms with Gasteiger partial charge >= 0.3 is 0 Å². The molecule has 8 heteroatoms. The van der Waals surface area contributed by atoms with Gasteiger partial charge in [0.1, 0.15) is 12.1 Å². The van der Waals surface area contributed by atoms with E-state index in [1.54, 1.807) is 10.8 Å². The summed E-state index contributed by atoms with van der Waals surface area (Å²) in [5, 5.41) is 15.7. The molecule has 0 atom stereocenters. The first-order chi connectivity index (χ1) is 14.6. The molecule has 5 rings (SSSR count). The first-order valence-corrected chi connectivity index (χ1v) is 11.4. The smallest absolute Gasteiger partial charge is 0.223 e. The summed E-state index contributed by atoms with van der Waals surface area (Å²) in [4.78, 5) is 15.1. The lowest BCUT2D eigenvalue weighted by molar-refractivity contribution is -0.126. The van der Waals surface area contributed by atoms with Crippen LogP contribution in [0, 0.1) is 5.92 Å². The van der Waals surface area contributed by atoms with E-state index in [1.165, 1.54) is 12.0 Å². The summed E-state index contributed by atoms with van der Waals surface area (Å²) in [7, 11) is 0. The number of nitrogens with zero attached hydrogens (tertiary/aromatic N) is 5. The van der Waals surface area contributed by atoms with Gasteiger partial charge < -0.3 is 10.2 Å². The van der Waals surface area contributed by atoms with Gasteiger partial charge in [0.15, 0.2) is 5.65 Å². The van der Waals surface area contributed by atoms with E-state index in [9.17, 15) is 4.79 Å². The van der Waals surface area contributed by atoms with Crippen LogP contribution in [0.2, 0.25) is 0 Å². The van der Waals surface area contributed by atoms with Crippen LogP contribution in [0.3, 0.4) is 0 Å². The molecular weight excluding hydrogens is 444 g/mol. The van der Waals surface area contributed by atoms with Crippen LogP contribution in [-0.2, 0) is 10.2 Å². The van der Waals surface area contributed by atoms with Crippen molar-refractivity contribution in [2.24, 2.45) is 5.92 Å². The minimum atomic E-state index is 0.0690. The zero-order valence-electron chi connectivity index (χ0n) is 16.8. The number of hydrogen-bond acceptors (Lipinski definition) is 5. The highest BCUT2D eigenvalue weighted by Crippen LogP contribution is 2.43. The van der Waals surface area contributed by atoms with Crippen molar-refractivity contribution >= 4 is 33.3 Å². The van der Waals surface area contributed by atoms with Gasteiger partial charge in [0.25, 0.3) is 0 Å². The molecule has 3 aromatic rings. The molecule has 2 fully saturated rings. The quantitative estimate of drug-likeness (QED) is 0.621. The second kappa shape index (κ2) is 7.98. The lowest BCUT2D eigenvalue weighted by Crippen LogP contribution is -2.48. The van der Waals surface area contributed by atoms with Crippen LogP contribution in [0.1, 0.15) is 37.7 Å². The van der Waals surface area contributed by atoms with Crippen molar-refractivity contribution in [3.8, 4) is 0 Å². The van der Waals surface area contributed by atoms with Gasteiger partial charge in [0.05, 0.1) is 0 Å². The number of anilines is 1. The number of piperidine rings is 1. The van der Waals surface area contributed by atoms with Gasteiger partial charge in [-0.2, -0.15) is 4.52 Å². The Labute approximate surface area is 184 Å². The summed E-state index contributed by atoms with van der Waals surface area (Å²) in [5.74, 6) is 1.17. The van der Waals surface area contributed by atoms with Gasteiger partial charge in [-0.05, 0) is 55.5 Å². The Morgan fingerprint density at radius 3 is 2.77 bits per heavy atom. The van der Waals surface area contributed by atoms with E-state index in [2.05, 4.69) is 65.7 Å². The monoisotopic (exact) mass is 468 g/mol. The summed E-state index contributed by atoms with van der Waals surface area (Å²) in [6.45, 7) is 2.39. The van der Waals surface area contributed by atoms with Crippen LogP contribution in [0.4, 0.5) is 5.82 Å². The predicted octanol–water partition coefficient (Wildman–Crippen LogP) is 3.34. The third-order valence-corrected chi connectivity index (χ3v) is 7.18. The van der Waals surface area contributed by atoms with Crippen LogP contribution in [0.5, 0.6) is 0 Å². The van der Waals surface area contributed by atoms with Gasteiger partial charge in [-0.1, -0.05) is 34.5 Å². The molecule has 1 amide bonds. The topological polar surface area (TPSA) is 75.4 Å². The summed E-state index contributed by atoms with van der Waals surface area (Å²) >= 11 is 3.58. The maximum atomic E-state index is 12.9. The number of carbonyl (C=O) groups excluding carboxylic acids is 1. The molecule has 0 spiro atoms. The molecule has 1 N–H and O–H groups in total. The molecule has 2 aliphatic rings. The normalized spacial score (nSPS) is 18.9. The number of nitrogens with one attached hydrogen (secondary N) is 1. The number of carbonyl (C=O) groups is 1. The van der Waals surface area contributed by atoms with Crippen molar-refractivity contribution < 1.29 is 4.79 Å². The third kappa shape index (κ3) is 3.69. The fraction of sp³-hybridized carbons (Fsp3) is 0.455. The Hall–Kier alpha value is -2.48. The van der Waals surface area contributed by atoms with Crippen molar-refractivity contribution in [2.45, 2.75) is 37.5 Å². The average molecular weight is 469 g/mol. The largest absolute Gasteiger partial charge is 0.355 e. The molecule has 0 bridgehead atoms. The summed E-state index contributed by atoms with van der Waals surface area (Å²) in [6, 6.07) is 12.4. The molecule has 30 heavy (non-hydrogen) atoms. The zero-order valence-corrected chi connectivity index (χ0v) is 18.4. The Morgan fingerprint density at radius 2 is 2.03 bits per heavy atom. The maximum Gasteiger partial charge on any atom is 0.223 e. The minimum Gasteiger partial charge on any atom is -0.355 e. The van der Waals surface area contributed by atoms with Crippen molar-refractivity contribution in [1.82, 2.24) is 25.1 Å². The molecule has 156 valence electrons. The molecule has 3 heterocycles. The second-order valence-electron chi connectivity index (χ2n) is 8.45. The SMILES string of the molecule is O=C(NCC1(c2cccc(Br)c2)CCC1)C1CCN(c2ccc3nncn3n2)CC1. The standard InChI is InChI=1S/C22H25BrN6O/c23-18-4-1-3-17(13-18)22(9-2-10-22)14-24-21(30)16-7-11-28(12-8-16)20-6-5-19-26-25-15-29(19)27-20/h1,3-6,13,15-16H,2,7-12,14H2,(H,24,30). The molecule has 1 aliphatic heterocycles. The van der Waals surface area contributed by atoms with E-state index >= 15 is 0 Å². The van der Waals surface area contributed by atoms with Gasteiger partial charge in [-0.3, -0.25) is 4.79 Å². The van der Waals surface area contributed by atoms with E-state index in [1.807, 2.05) is 12.1 Å². The highest BCUT2D eigenvalue weighted by Gasteiger charge is 2.39. The molecule has 7 nitrogen and oxygen atoms in total. The minimum absolute atomic E-state index is 0.0690. The van der Waals surface area contributed by atoms with Crippen molar-refractivity contribution in [3.63, 3.8) is 0 Å². The third-order valence-electron chi connectivity index (χ3n) is 6.69. The van der Waals surface area contributed by atoms with Crippen LogP contribution in [0.25, 0.3) is 5.65 Å². The Bertz CT molecular complexity index is 1050. The molecule has 0 unspecified atom stereocenters. The highest BCUT2D eigenvalue weighted by molar-refractivity contribution is 9.10. The summed E-state index contributed by atoms with van der Waals surface area (Å²) < 4.78 is 2.79. The van der Waals surface area contributed by atoms with E-state index in [0.29, 0.717) is 0 Å². The van der Waals surface area contributed by atoms with Gasteiger partial charge in [-0.25, -0.2) is 0 Å². The Kier molecular flexibility index (Phi) is 5.18. The number of fused-ring (bicyclic) bond motifs is 1. The number of halogens is 1. The molecule has 0 radical (unpaired) electrons. The van der Waals surface area contributed by atoms with Crippen LogP contribution >= 0.6 is 15.9 Å². The molecule has 1 saturated carbocycles. The Balaban J connectivity index is 1.18. The molecule has 1 saturated heterocycles. The van der Waals surface area contributed by atoms with Crippen molar-refractivity contribution in [3.05, 3.63) is 52.8 Å². The van der Waals surface area contributed by atoms with Crippen LogP contribution < -0.4 is 10.2 Å². The lowest BCUT2D eigenvalue weighted by atomic mass is 9.64. The molecule has 2 aromatic heterocycles. The summed E-state index contributed by atoms with van der Waals surface area (Å²) in [5.41, 5.74) is 2.16. The van der Waals surface area contributed by atoms with Crippen LogP contribution in [-0.4, -0.2) is 45.4 Å². The van der Waals surface area contributed by atoms with Gasteiger partial charge in [0.2, 0.25) is 5.91 Å². The first kappa shape index (κ1) is 19.5. The first-order valence-electron chi connectivity index (χ1n) is 10.6. The van der Waals surface area contributed by atoms with E-state index in [-0.39, 0.29) is 17.2 Å². The fourth-order valence-corrected chi connectivity index (χ4v) is 5.05. The zero-order chi connectivity index (χ0) is 20.6. The van der Waals surface area contributed by atoms with Crippen molar-refractivity contribution in [2.75, 3.05) is 24.5 Å². The number of rotatable bonds is 5. The molecular formula is C22H25BrN6O. The van der Waals surface area contributed by atoms with Crippen molar-refractivity contribution in [1.29, 1.82) is 0 Å². The van der Waals surface area contributed by atoms with Gasteiger partial charge in [-0.15, -0.1) is 15.3 Å². The number of benzene rings is 1. The molecule has 1 aromatic carbocycles. The highest BCUT2D eigenvalue weighted by atomic mass is 79.9. The van der Waals surface area contributed by atoms with E-state index in [4.69, 9.17) is 0 Å².